The van der Waals surface area contributed by atoms with Gasteiger partial charge >= 0.3 is 0 Å². The molecule has 0 fully saturated rings. The fourth-order valence-electron chi connectivity index (χ4n) is 1.51. The van der Waals surface area contributed by atoms with Gasteiger partial charge in [0.2, 0.25) is 0 Å². The minimum atomic E-state index is 0.616. The first-order valence-electron chi connectivity index (χ1n) is 4.94. The maximum atomic E-state index is 5.70. The molecular weight excluding hydrogens is 208 g/mol. The molecule has 0 spiro atoms. The van der Waals surface area contributed by atoms with Crippen LogP contribution >= 0.6 is 11.6 Å². The Kier molecular flexibility index (Phi) is 3.07. The van der Waals surface area contributed by atoms with Crippen molar-refractivity contribution < 1.29 is 0 Å². The highest BCUT2D eigenvalue weighted by Gasteiger charge is 2.02. The van der Waals surface area contributed by atoms with Crippen LogP contribution in [0.5, 0.6) is 0 Å². The van der Waals surface area contributed by atoms with Gasteiger partial charge in [-0.2, -0.15) is 0 Å². The molecule has 2 nitrogen and oxygen atoms in total. The monoisotopic (exact) mass is 220 g/mol. The molecule has 0 atom stereocenters. The maximum Gasteiger partial charge on any atom is 0.129 e. The summed E-state index contributed by atoms with van der Waals surface area (Å²) in [5.41, 5.74) is 1.02. The van der Waals surface area contributed by atoms with Crippen LogP contribution in [-0.2, 0) is 0 Å². The molecule has 15 heavy (non-hydrogen) atoms. The van der Waals surface area contributed by atoms with Crippen molar-refractivity contribution in [1.29, 1.82) is 0 Å². The first kappa shape index (κ1) is 10.2. The topological polar surface area (TPSA) is 16.1 Å². The molecule has 0 bridgehead atoms. The van der Waals surface area contributed by atoms with Crippen molar-refractivity contribution >= 4 is 28.3 Å². The third kappa shape index (κ3) is 2.21. The Hall–Kier alpha value is -1.28. The minimum Gasteiger partial charge on any atom is -0.358 e. The van der Waals surface area contributed by atoms with Crippen molar-refractivity contribution in [3.8, 4) is 0 Å². The summed E-state index contributed by atoms with van der Waals surface area (Å²) in [6.45, 7) is 0.812. The molecule has 0 aliphatic heterocycles. The molecule has 0 N–H and O–H groups in total. The van der Waals surface area contributed by atoms with Gasteiger partial charge in [0.05, 0.1) is 5.52 Å². The summed E-state index contributed by atoms with van der Waals surface area (Å²) < 4.78 is 0. The van der Waals surface area contributed by atoms with Gasteiger partial charge in [-0.05, 0) is 18.2 Å². The minimum absolute atomic E-state index is 0.616. The smallest absolute Gasteiger partial charge is 0.129 e. The summed E-state index contributed by atoms with van der Waals surface area (Å²) in [5, 5.41) is 1.17. The highest BCUT2D eigenvalue weighted by atomic mass is 35.5. The molecule has 0 aliphatic carbocycles. The van der Waals surface area contributed by atoms with Crippen molar-refractivity contribution in [2.45, 2.75) is 0 Å². The fraction of sp³-hybridized carbons (Fsp3) is 0.250. The zero-order chi connectivity index (χ0) is 10.7. The molecule has 2 aromatic rings. The first-order valence-corrected chi connectivity index (χ1v) is 5.47. The van der Waals surface area contributed by atoms with Gasteiger partial charge in [0.1, 0.15) is 5.82 Å². The predicted molar refractivity (Wildman–Crippen MR) is 65.7 cm³/mol. The molecule has 1 aromatic carbocycles. The highest BCUT2D eigenvalue weighted by molar-refractivity contribution is 6.18. The number of fused-ring (bicyclic) bond motifs is 1. The second kappa shape index (κ2) is 4.49. The summed E-state index contributed by atoms with van der Waals surface area (Å²) >= 11 is 5.70. The fourth-order valence-corrected chi connectivity index (χ4v) is 1.76. The van der Waals surface area contributed by atoms with E-state index in [-0.39, 0.29) is 0 Å². The SMILES string of the molecule is CN(CCCl)c1ccc2ccccc2n1. The molecule has 78 valence electrons. The van der Waals surface area contributed by atoms with Crippen molar-refractivity contribution in [3.63, 3.8) is 0 Å². The van der Waals surface area contributed by atoms with Gasteiger partial charge in [0, 0.05) is 24.9 Å². The molecule has 0 saturated heterocycles. The third-order valence-corrected chi connectivity index (χ3v) is 2.56. The number of anilines is 1. The van der Waals surface area contributed by atoms with Gasteiger partial charge in [-0.3, -0.25) is 0 Å². The summed E-state index contributed by atoms with van der Waals surface area (Å²) in [6.07, 6.45) is 0. The lowest BCUT2D eigenvalue weighted by Crippen LogP contribution is -2.20. The standard InChI is InChI=1S/C12H13ClN2/c1-15(9-8-13)12-7-6-10-4-2-3-5-11(10)14-12/h2-7H,8-9H2,1H3. The van der Waals surface area contributed by atoms with Crippen LogP contribution in [0.1, 0.15) is 0 Å². The van der Waals surface area contributed by atoms with Crippen LogP contribution in [0.15, 0.2) is 36.4 Å². The number of hydrogen-bond donors (Lipinski definition) is 0. The molecule has 0 amide bonds. The van der Waals surface area contributed by atoms with E-state index in [0.717, 1.165) is 17.9 Å². The van der Waals surface area contributed by atoms with E-state index < -0.39 is 0 Å². The summed E-state index contributed by atoms with van der Waals surface area (Å²) in [7, 11) is 2.00. The molecule has 3 heteroatoms. The lowest BCUT2D eigenvalue weighted by atomic mass is 10.2. The molecule has 0 unspecified atom stereocenters. The number of aromatic nitrogens is 1. The van der Waals surface area contributed by atoms with Gasteiger partial charge in [-0.25, -0.2) is 4.98 Å². The van der Waals surface area contributed by atoms with Gasteiger partial charge < -0.3 is 4.90 Å². The zero-order valence-electron chi connectivity index (χ0n) is 8.65. The summed E-state index contributed by atoms with van der Waals surface area (Å²) in [6, 6.07) is 12.2. The van der Waals surface area contributed by atoms with E-state index in [1.54, 1.807) is 0 Å². The normalized spacial score (nSPS) is 10.5. The quantitative estimate of drug-likeness (QED) is 0.740. The van der Waals surface area contributed by atoms with E-state index >= 15 is 0 Å². The van der Waals surface area contributed by atoms with Gasteiger partial charge in [0.15, 0.2) is 0 Å². The van der Waals surface area contributed by atoms with Crippen LogP contribution in [-0.4, -0.2) is 24.5 Å². The molecule has 1 heterocycles. The number of pyridine rings is 1. The number of para-hydroxylation sites is 1. The van der Waals surface area contributed by atoms with Crippen molar-refractivity contribution in [2.24, 2.45) is 0 Å². The van der Waals surface area contributed by atoms with Crippen molar-refractivity contribution in [3.05, 3.63) is 36.4 Å². The average molecular weight is 221 g/mol. The molecule has 0 aliphatic rings. The first-order chi connectivity index (χ1) is 7.31. The Morgan fingerprint density at radius 3 is 2.80 bits per heavy atom. The average Bonchev–Trinajstić information content (AvgIpc) is 2.29. The van der Waals surface area contributed by atoms with Crippen molar-refractivity contribution in [1.82, 2.24) is 4.98 Å². The van der Waals surface area contributed by atoms with Gasteiger partial charge in [-0.15, -0.1) is 11.6 Å². The molecule has 0 radical (unpaired) electrons. The molecule has 1 aromatic heterocycles. The van der Waals surface area contributed by atoms with E-state index in [0.29, 0.717) is 5.88 Å². The Labute approximate surface area is 94.5 Å². The Bertz CT molecular complexity index is 456. The van der Waals surface area contributed by atoms with E-state index in [2.05, 4.69) is 22.0 Å². The Balaban J connectivity index is 2.38. The van der Waals surface area contributed by atoms with Crippen molar-refractivity contribution in [2.75, 3.05) is 24.4 Å². The van der Waals surface area contributed by atoms with Gasteiger partial charge in [-0.1, -0.05) is 18.2 Å². The van der Waals surface area contributed by atoms with Crippen LogP contribution in [0.25, 0.3) is 10.9 Å². The Morgan fingerprint density at radius 2 is 2.00 bits per heavy atom. The van der Waals surface area contributed by atoms with Crippen LogP contribution in [0, 0.1) is 0 Å². The van der Waals surface area contributed by atoms with Crippen LogP contribution < -0.4 is 4.90 Å². The number of halogens is 1. The van der Waals surface area contributed by atoms with E-state index in [1.807, 2.05) is 31.3 Å². The van der Waals surface area contributed by atoms with Crippen LogP contribution in [0.4, 0.5) is 5.82 Å². The number of hydrogen-bond acceptors (Lipinski definition) is 2. The third-order valence-electron chi connectivity index (χ3n) is 2.39. The molecule has 0 saturated carbocycles. The van der Waals surface area contributed by atoms with E-state index in [4.69, 9.17) is 11.6 Å². The molecule has 2 rings (SSSR count). The second-order valence-corrected chi connectivity index (χ2v) is 3.85. The number of benzene rings is 1. The highest BCUT2D eigenvalue weighted by Crippen LogP contribution is 2.16. The second-order valence-electron chi connectivity index (χ2n) is 3.47. The Morgan fingerprint density at radius 1 is 1.20 bits per heavy atom. The zero-order valence-corrected chi connectivity index (χ0v) is 9.41. The number of rotatable bonds is 3. The predicted octanol–water partition coefficient (Wildman–Crippen LogP) is 2.91. The van der Waals surface area contributed by atoms with Crippen LogP contribution in [0.3, 0.4) is 0 Å². The largest absolute Gasteiger partial charge is 0.358 e. The van der Waals surface area contributed by atoms with Crippen LogP contribution in [0.2, 0.25) is 0 Å². The lowest BCUT2D eigenvalue weighted by molar-refractivity contribution is 0.949. The maximum absolute atomic E-state index is 5.70. The summed E-state index contributed by atoms with van der Waals surface area (Å²) in [4.78, 5) is 6.62. The summed E-state index contributed by atoms with van der Waals surface area (Å²) in [5.74, 6) is 1.58. The van der Waals surface area contributed by atoms with Gasteiger partial charge in [0.25, 0.3) is 0 Å². The molecular formula is C12H13ClN2. The van der Waals surface area contributed by atoms with E-state index in [9.17, 15) is 0 Å². The number of nitrogens with zero attached hydrogens (tertiary/aromatic N) is 2. The van der Waals surface area contributed by atoms with E-state index in [1.165, 1.54) is 5.39 Å². The number of alkyl halides is 1. The lowest BCUT2D eigenvalue weighted by Gasteiger charge is -2.16.